The topological polar surface area (TPSA) is 57.6 Å². The fraction of sp³-hybridized carbons (Fsp3) is 0.733. The third-order valence-corrected chi connectivity index (χ3v) is 3.56. The van der Waals surface area contributed by atoms with Gasteiger partial charge in [-0.05, 0) is 24.7 Å². The highest BCUT2D eigenvalue weighted by Gasteiger charge is 2.23. The lowest BCUT2D eigenvalue weighted by atomic mass is 9.83. The van der Waals surface area contributed by atoms with Crippen LogP contribution in [0.5, 0.6) is 0 Å². The van der Waals surface area contributed by atoms with E-state index in [4.69, 9.17) is 5.11 Å². The summed E-state index contributed by atoms with van der Waals surface area (Å²) in [6.45, 7) is 8.08. The van der Waals surface area contributed by atoms with Crippen LogP contribution in [0.1, 0.15) is 52.9 Å². The van der Waals surface area contributed by atoms with E-state index in [0.717, 1.165) is 13.0 Å². The molecule has 0 aromatic rings. The van der Waals surface area contributed by atoms with E-state index in [1.165, 1.54) is 5.57 Å². The molecule has 0 unspecified atom stereocenters. The van der Waals surface area contributed by atoms with Crippen molar-refractivity contribution in [1.82, 2.24) is 4.90 Å². The Kier molecular flexibility index (Phi) is 5.58. The average molecular weight is 267 g/mol. The molecule has 1 amide bonds. The molecule has 0 fully saturated rings. The number of hydrogen-bond donors (Lipinski definition) is 1. The van der Waals surface area contributed by atoms with Gasteiger partial charge in [-0.3, -0.25) is 9.59 Å². The van der Waals surface area contributed by atoms with Crippen LogP contribution in [0.15, 0.2) is 11.6 Å². The van der Waals surface area contributed by atoms with Crippen LogP contribution < -0.4 is 0 Å². The highest BCUT2D eigenvalue weighted by Crippen LogP contribution is 2.30. The van der Waals surface area contributed by atoms with E-state index in [0.29, 0.717) is 25.8 Å². The number of nitrogens with zero attached hydrogens (tertiary/aromatic N) is 1. The minimum Gasteiger partial charge on any atom is -0.481 e. The molecular formula is C15H25NO3. The molecule has 0 spiro atoms. The van der Waals surface area contributed by atoms with Crippen LogP contribution in [0.2, 0.25) is 0 Å². The summed E-state index contributed by atoms with van der Waals surface area (Å²) in [5.41, 5.74) is 1.61. The normalized spacial score (nSPS) is 16.2. The van der Waals surface area contributed by atoms with Crippen LogP contribution in [0.4, 0.5) is 0 Å². The summed E-state index contributed by atoms with van der Waals surface area (Å²) >= 11 is 0. The summed E-state index contributed by atoms with van der Waals surface area (Å²) in [7, 11) is 0. The van der Waals surface area contributed by atoms with Crippen molar-refractivity contribution in [3.05, 3.63) is 11.6 Å². The van der Waals surface area contributed by atoms with Crippen molar-refractivity contribution in [3.8, 4) is 0 Å². The second-order valence-corrected chi connectivity index (χ2v) is 6.17. The molecule has 0 aromatic carbocycles. The Labute approximate surface area is 115 Å². The number of aliphatic carboxylic acids is 1. The van der Waals surface area contributed by atoms with Gasteiger partial charge in [0.2, 0.25) is 5.91 Å². The second kappa shape index (κ2) is 6.73. The molecule has 4 nitrogen and oxygen atoms in total. The number of carbonyl (C=O) groups is 2. The van der Waals surface area contributed by atoms with Crippen molar-refractivity contribution in [2.24, 2.45) is 5.41 Å². The number of unbranched alkanes of at least 4 members (excludes halogenated alkanes) is 1. The predicted molar refractivity (Wildman–Crippen MR) is 74.8 cm³/mol. The van der Waals surface area contributed by atoms with E-state index in [9.17, 15) is 9.59 Å². The largest absolute Gasteiger partial charge is 0.481 e. The van der Waals surface area contributed by atoms with E-state index in [2.05, 4.69) is 26.8 Å². The smallest absolute Gasteiger partial charge is 0.303 e. The lowest BCUT2D eigenvalue weighted by Gasteiger charge is -2.32. The first kappa shape index (κ1) is 15.7. The zero-order valence-electron chi connectivity index (χ0n) is 12.2. The van der Waals surface area contributed by atoms with Crippen LogP contribution in [0, 0.1) is 5.41 Å². The number of amides is 1. The Morgan fingerprint density at radius 2 is 1.89 bits per heavy atom. The highest BCUT2D eigenvalue weighted by atomic mass is 16.4. The number of hydrogen-bond acceptors (Lipinski definition) is 2. The molecule has 0 aromatic heterocycles. The van der Waals surface area contributed by atoms with Crippen molar-refractivity contribution in [1.29, 1.82) is 0 Å². The SMILES string of the molecule is CC(C)(C)C1=CCN(C(=O)CCCCC(=O)O)CC1. The van der Waals surface area contributed by atoms with Gasteiger partial charge in [-0.15, -0.1) is 0 Å². The van der Waals surface area contributed by atoms with Crippen LogP contribution in [0.3, 0.4) is 0 Å². The summed E-state index contributed by atoms with van der Waals surface area (Å²) in [5.74, 6) is -0.641. The van der Waals surface area contributed by atoms with Gasteiger partial charge in [0.15, 0.2) is 0 Å². The van der Waals surface area contributed by atoms with Crippen molar-refractivity contribution >= 4 is 11.9 Å². The lowest BCUT2D eigenvalue weighted by Crippen LogP contribution is -2.36. The van der Waals surface area contributed by atoms with E-state index < -0.39 is 5.97 Å². The van der Waals surface area contributed by atoms with Gasteiger partial charge in [-0.1, -0.05) is 32.4 Å². The van der Waals surface area contributed by atoms with Gasteiger partial charge in [0, 0.05) is 25.9 Å². The molecule has 0 radical (unpaired) electrons. The first-order chi connectivity index (χ1) is 8.80. The van der Waals surface area contributed by atoms with Gasteiger partial charge >= 0.3 is 5.97 Å². The van der Waals surface area contributed by atoms with Crippen LogP contribution in [-0.2, 0) is 9.59 Å². The van der Waals surface area contributed by atoms with Gasteiger partial charge in [0.25, 0.3) is 0 Å². The van der Waals surface area contributed by atoms with E-state index >= 15 is 0 Å². The average Bonchev–Trinajstić information content (AvgIpc) is 2.33. The molecule has 0 bridgehead atoms. The van der Waals surface area contributed by atoms with Gasteiger partial charge in [-0.2, -0.15) is 0 Å². The molecule has 1 aliphatic heterocycles. The summed E-state index contributed by atoms with van der Waals surface area (Å²) in [4.78, 5) is 24.2. The Morgan fingerprint density at radius 3 is 2.37 bits per heavy atom. The Bertz CT molecular complexity index is 366. The molecule has 1 aliphatic rings. The third kappa shape index (κ3) is 5.45. The Balaban J connectivity index is 2.33. The maximum atomic E-state index is 11.9. The molecule has 0 aliphatic carbocycles. The predicted octanol–water partition coefficient (Wildman–Crippen LogP) is 2.84. The highest BCUT2D eigenvalue weighted by molar-refractivity contribution is 5.76. The van der Waals surface area contributed by atoms with Crippen LogP contribution >= 0.6 is 0 Å². The fourth-order valence-corrected chi connectivity index (χ4v) is 2.29. The number of carboxylic acid groups (broad SMARTS) is 1. The summed E-state index contributed by atoms with van der Waals surface area (Å²) in [6, 6.07) is 0. The molecule has 0 atom stereocenters. The number of carbonyl (C=O) groups excluding carboxylic acids is 1. The van der Waals surface area contributed by atoms with Gasteiger partial charge in [0.1, 0.15) is 0 Å². The summed E-state index contributed by atoms with van der Waals surface area (Å²) in [5, 5.41) is 8.53. The Hall–Kier alpha value is -1.32. The minimum atomic E-state index is -0.789. The first-order valence-corrected chi connectivity index (χ1v) is 7.00. The molecule has 4 heteroatoms. The lowest BCUT2D eigenvalue weighted by molar-refractivity contribution is -0.137. The zero-order valence-corrected chi connectivity index (χ0v) is 12.2. The Morgan fingerprint density at radius 1 is 1.26 bits per heavy atom. The van der Waals surface area contributed by atoms with Crippen molar-refractivity contribution in [3.63, 3.8) is 0 Å². The quantitative estimate of drug-likeness (QED) is 0.615. The third-order valence-electron chi connectivity index (χ3n) is 3.56. The molecule has 1 rings (SSSR count). The molecule has 1 heterocycles. The minimum absolute atomic E-state index is 0.148. The number of rotatable bonds is 5. The first-order valence-electron chi connectivity index (χ1n) is 7.00. The maximum Gasteiger partial charge on any atom is 0.303 e. The van der Waals surface area contributed by atoms with Crippen molar-refractivity contribution in [2.75, 3.05) is 13.1 Å². The van der Waals surface area contributed by atoms with Crippen LogP contribution in [-0.4, -0.2) is 35.0 Å². The standard InChI is InChI=1S/C15H25NO3/c1-15(2,3)12-8-10-16(11-9-12)13(17)6-4-5-7-14(18)19/h8H,4-7,9-11H2,1-3H3,(H,18,19). The zero-order chi connectivity index (χ0) is 14.5. The van der Waals surface area contributed by atoms with E-state index in [1.807, 2.05) is 4.90 Å². The second-order valence-electron chi connectivity index (χ2n) is 6.17. The summed E-state index contributed by atoms with van der Waals surface area (Å²) in [6.07, 6.45) is 4.98. The molecule has 0 saturated carbocycles. The van der Waals surface area contributed by atoms with Crippen molar-refractivity contribution < 1.29 is 14.7 Å². The van der Waals surface area contributed by atoms with Crippen LogP contribution in [0.25, 0.3) is 0 Å². The van der Waals surface area contributed by atoms with Crippen molar-refractivity contribution in [2.45, 2.75) is 52.9 Å². The molecule has 0 saturated heterocycles. The molecular weight excluding hydrogens is 242 g/mol. The number of carboxylic acids is 1. The molecule has 19 heavy (non-hydrogen) atoms. The molecule has 108 valence electrons. The van der Waals surface area contributed by atoms with Gasteiger partial charge in [-0.25, -0.2) is 0 Å². The fourth-order valence-electron chi connectivity index (χ4n) is 2.29. The van der Waals surface area contributed by atoms with E-state index in [1.54, 1.807) is 0 Å². The maximum absolute atomic E-state index is 11.9. The van der Waals surface area contributed by atoms with Gasteiger partial charge in [0.05, 0.1) is 0 Å². The van der Waals surface area contributed by atoms with Gasteiger partial charge < -0.3 is 10.0 Å². The molecule has 1 N–H and O–H groups in total. The summed E-state index contributed by atoms with van der Waals surface area (Å²) < 4.78 is 0. The van der Waals surface area contributed by atoms with E-state index in [-0.39, 0.29) is 17.7 Å². The monoisotopic (exact) mass is 267 g/mol.